The van der Waals surface area contributed by atoms with Crippen LogP contribution in [0.25, 0.3) is 0 Å². The van der Waals surface area contributed by atoms with E-state index in [1.54, 1.807) is 0 Å². The number of carbonyl (C=O) groups is 1. The summed E-state index contributed by atoms with van der Waals surface area (Å²) in [5, 5.41) is 2.14. The smallest absolute Gasteiger partial charge is 0.222 e. The maximum Gasteiger partial charge on any atom is 0.222 e. The first-order valence-corrected chi connectivity index (χ1v) is 7.16. The van der Waals surface area contributed by atoms with Crippen molar-refractivity contribution in [2.75, 3.05) is 13.6 Å². The van der Waals surface area contributed by atoms with Gasteiger partial charge in [-0.3, -0.25) is 9.69 Å². The van der Waals surface area contributed by atoms with Crippen molar-refractivity contribution < 1.29 is 4.79 Å². The summed E-state index contributed by atoms with van der Waals surface area (Å²) < 4.78 is 0. The topological polar surface area (TPSA) is 23.6 Å². The molecular formula is C13H18N2OS. The highest BCUT2D eigenvalue weighted by atomic mass is 32.1. The van der Waals surface area contributed by atoms with Crippen molar-refractivity contribution in [3.63, 3.8) is 0 Å². The maximum absolute atomic E-state index is 11.7. The molecule has 1 aromatic heterocycles. The second kappa shape index (κ2) is 4.42. The largest absolute Gasteiger partial charge is 0.341 e. The summed E-state index contributed by atoms with van der Waals surface area (Å²) in [7, 11) is 1.97. The highest BCUT2D eigenvalue weighted by Gasteiger charge is 2.41. The molecule has 2 atom stereocenters. The second-order valence-corrected chi connectivity index (χ2v) is 6.05. The minimum Gasteiger partial charge on any atom is -0.341 e. The molecule has 0 aliphatic carbocycles. The summed E-state index contributed by atoms with van der Waals surface area (Å²) in [6.45, 7) is 2.19. The van der Waals surface area contributed by atoms with Gasteiger partial charge in [0, 0.05) is 43.5 Å². The number of hydrogen-bond donors (Lipinski definition) is 0. The molecule has 1 aromatic rings. The monoisotopic (exact) mass is 250 g/mol. The summed E-state index contributed by atoms with van der Waals surface area (Å²) >= 11 is 1.83. The molecule has 92 valence electrons. The zero-order valence-electron chi connectivity index (χ0n) is 10.1. The molecule has 0 aromatic carbocycles. The Morgan fingerprint density at radius 3 is 3.06 bits per heavy atom. The third-order valence-electron chi connectivity index (χ3n) is 4.11. The molecule has 3 rings (SSSR count). The molecular weight excluding hydrogens is 232 g/mol. The fourth-order valence-electron chi connectivity index (χ4n) is 3.16. The number of nitrogens with zero attached hydrogens (tertiary/aromatic N) is 2. The minimum absolute atomic E-state index is 0.323. The lowest BCUT2D eigenvalue weighted by Gasteiger charge is -2.37. The summed E-state index contributed by atoms with van der Waals surface area (Å²) in [5.41, 5.74) is 0. The number of hydrogen-bond acceptors (Lipinski definition) is 3. The fourth-order valence-corrected chi connectivity index (χ4v) is 3.89. The predicted molar refractivity (Wildman–Crippen MR) is 68.9 cm³/mol. The maximum atomic E-state index is 11.7. The van der Waals surface area contributed by atoms with Crippen molar-refractivity contribution >= 4 is 17.2 Å². The first-order valence-electron chi connectivity index (χ1n) is 6.28. The Hall–Kier alpha value is -0.870. The molecule has 0 N–H and O–H groups in total. The Labute approximate surface area is 106 Å². The van der Waals surface area contributed by atoms with E-state index in [0.29, 0.717) is 18.0 Å². The summed E-state index contributed by atoms with van der Waals surface area (Å²) in [4.78, 5) is 17.6. The average Bonchev–Trinajstić information content (AvgIpc) is 2.95. The van der Waals surface area contributed by atoms with Gasteiger partial charge in [-0.1, -0.05) is 6.07 Å². The zero-order chi connectivity index (χ0) is 11.8. The molecule has 0 spiro atoms. The lowest BCUT2D eigenvalue weighted by molar-refractivity contribution is -0.135. The Morgan fingerprint density at radius 1 is 1.41 bits per heavy atom. The molecule has 2 aliphatic rings. The molecule has 0 radical (unpaired) electrons. The van der Waals surface area contributed by atoms with Gasteiger partial charge in [-0.25, -0.2) is 0 Å². The number of fused-ring (bicyclic) bond motifs is 1. The molecule has 3 heterocycles. The third kappa shape index (κ3) is 2.00. The highest BCUT2D eigenvalue weighted by molar-refractivity contribution is 7.09. The van der Waals surface area contributed by atoms with Crippen LogP contribution in [0, 0.1) is 0 Å². The van der Waals surface area contributed by atoms with Crippen LogP contribution in [-0.4, -0.2) is 41.4 Å². The molecule has 2 fully saturated rings. The van der Waals surface area contributed by atoms with Gasteiger partial charge in [0.2, 0.25) is 5.91 Å². The Morgan fingerprint density at radius 2 is 2.29 bits per heavy atom. The molecule has 0 saturated carbocycles. The van der Waals surface area contributed by atoms with Gasteiger partial charge in [-0.05, 0) is 24.3 Å². The van der Waals surface area contributed by atoms with E-state index in [-0.39, 0.29) is 0 Å². The Balaban J connectivity index is 1.71. The number of amides is 1. The zero-order valence-corrected chi connectivity index (χ0v) is 10.9. The first kappa shape index (κ1) is 11.2. The standard InChI is InChI=1S/C13H18N2OS/c1-14-11-6-7-15(9-10-3-2-8-17-10)12(11)4-5-13(14)16/h2-3,8,11-12H,4-7,9H2,1H3/t11-,12-/m1/s1. The quantitative estimate of drug-likeness (QED) is 0.801. The van der Waals surface area contributed by atoms with Gasteiger partial charge in [-0.15, -0.1) is 11.3 Å². The summed E-state index contributed by atoms with van der Waals surface area (Å²) in [6.07, 6.45) is 2.90. The van der Waals surface area contributed by atoms with E-state index in [1.807, 2.05) is 23.3 Å². The van der Waals surface area contributed by atoms with Crippen LogP contribution in [0.5, 0.6) is 0 Å². The SMILES string of the molecule is CN1C(=O)CC[C@@H]2[C@H]1CCN2Cc1cccs1. The van der Waals surface area contributed by atoms with Gasteiger partial charge in [0.25, 0.3) is 0 Å². The Kier molecular flexibility index (Phi) is 2.92. The highest BCUT2D eigenvalue weighted by Crippen LogP contribution is 2.31. The van der Waals surface area contributed by atoms with E-state index in [0.717, 1.165) is 32.4 Å². The van der Waals surface area contributed by atoms with Gasteiger partial charge >= 0.3 is 0 Å². The van der Waals surface area contributed by atoms with E-state index < -0.39 is 0 Å². The molecule has 0 unspecified atom stereocenters. The number of likely N-dealkylation sites (tertiary alicyclic amines) is 2. The van der Waals surface area contributed by atoms with Crippen molar-refractivity contribution in [3.8, 4) is 0 Å². The third-order valence-corrected chi connectivity index (χ3v) is 4.97. The molecule has 3 nitrogen and oxygen atoms in total. The molecule has 1 amide bonds. The van der Waals surface area contributed by atoms with Crippen LogP contribution in [0.4, 0.5) is 0 Å². The molecule has 17 heavy (non-hydrogen) atoms. The number of thiophene rings is 1. The van der Waals surface area contributed by atoms with Crippen molar-refractivity contribution in [1.82, 2.24) is 9.80 Å². The van der Waals surface area contributed by atoms with Crippen LogP contribution in [0.1, 0.15) is 24.1 Å². The first-order chi connectivity index (χ1) is 8.25. The van der Waals surface area contributed by atoms with Crippen LogP contribution in [0.15, 0.2) is 17.5 Å². The van der Waals surface area contributed by atoms with E-state index >= 15 is 0 Å². The van der Waals surface area contributed by atoms with Crippen molar-refractivity contribution in [2.24, 2.45) is 0 Å². The van der Waals surface area contributed by atoms with Crippen LogP contribution >= 0.6 is 11.3 Å². The molecule has 0 bridgehead atoms. The molecule has 2 aliphatic heterocycles. The average molecular weight is 250 g/mol. The normalized spacial score (nSPS) is 29.7. The number of carbonyl (C=O) groups excluding carboxylic acids is 1. The van der Waals surface area contributed by atoms with Gasteiger partial charge in [0.1, 0.15) is 0 Å². The van der Waals surface area contributed by atoms with E-state index in [1.165, 1.54) is 4.88 Å². The summed E-state index contributed by atoms with van der Waals surface area (Å²) in [6, 6.07) is 5.36. The van der Waals surface area contributed by atoms with Gasteiger partial charge in [0.15, 0.2) is 0 Å². The lowest BCUT2D eigenvalue weighted by atomic mass is 9.97. The minimum atomic E-state index is 0.323. The summed E-state index contributed by atoms with van der Waals surface area (Å²) in [5.74, 6) is 0.323. The second-order valence-electron chi connectivity index (χ2n) is 5.02. The fraction of sp³-hybridized carbons (Fsp3) is 0.615. The predicted octanol–water partition coefficient (Wildman–Crippen LogP) is 1.94. The van der Waals surface area contributed by atoms with E-state index in [4.69, 9.17) is 0 Å². The van der Waals surface area contributed by atoms with Gasteiger partial charge in [0.05, 0.1) is 0 Å². The molecule has 4 heteroatoms. The van der Waals surface area contributed by atoms with E-state index in [9.17, 15) is 4.79 Å². The van der Waals surface area contributed by atoms with Crippen LogP contribution in [-0.2, 0) is 11.3 Å². The van der Waals surface area contributed by atoms with Crippen LogP contribution in [0.3, 0.4) is 0 Å². The van der Waals surface area contributed by atoms with Crippen LogP contribution < -0.4 is 0 Å². The van der Waals surface area contributed by atoms with Crippen LogP contribution in [0.2, 0.25) is 0 Å². The number of likely N-dealkylation sites (N-methyl/N-ethyl adjacent to an activating group) is 1. The number of rotatable bonds is 2. The van der Waals surface area contributed by atoms with E-state index in [2.05, 4.69) is 22.4 Å². The van der Waals surface area contributed by atoms with Crippen molar-refractivity contribution in [3.05, 3.63) is 22.4 Å². The lowest BCUT2D eigenvalue weighted by Crippen LogP contribution is -2.50. The van der Waals surface area contributed by atoms with Gasteiger partial charge < -0.3 is 4.90 Å². The molecule has 2 saturated heterocycles. The Bertz CT molecular complexity index is 404. The van der Waals surface area contributed by atoms with Crippen molar-refractivity contribution in [2.45, 2.75) is 37.9 Å². The van der Waals surface area contributed by atoms with Gasteiger partial charge in [-0.2, -0.15) is 0 Å². The number of piperidine rings is 1. The van der Waals surface area contributed by atoms with Crippen molar-refractivity contribution in [1.29, 1.82) is 0 Å².